The molecule has 146 valence electrons. The Morgan fingerprint density at radius 2 is 1.69 bits per heavy atom. The van der Waals surface area contributed by atoms with E-state index < -0.39 is 0 Å². The van der Waals surface area contributed by atoms with Crippen LogP contribution in [0.4, 0.5) is 0 Å². The number of amides is 1. The highest BCUT2D eigenvalue weighted by molar-refractivity contribution is 6.30. The first-order valence-corrected chi connectivity index (χ1v) is 9.80. The molecule has 0 bridgehead atoms. The minimum atomic E-state index is -0.310. The molecule has 1 aliphatic rings. The Morgan fingerprint density at radius 3 is 2.28 bits per heavy atom. The fraction of sp³-hybridized carbons (Fsp3) is 0.167. The molecule has 0 unspecified atom stereocenters. The van der Waals surface area contributed by atoms with Crippen molar-refractivity contribution in [2.24, 2.45) is 11.0 Å². The van der Waals surface area contributed by atoms with Crippen LogP contribution in [0.3, 0.4) is 0 Å². The predicted molar refractivity (Wildman–Crippen MR) is 116 cm³/mol. The van der Waals surface area contributed by atoms with Crippen LogP contribution in [0, 0.1) is 5.92 Å². The lowest BCUT2D eigenvalue weighted by Gasteiger charge is -2.18. The number of hydrazone groups is 1. The van der Waals surface area contributed by atoms with Gasteiger partial charge in [0.15, 0.2) is 0 Å². The van der Waals surface area contributed by atoms with E-state index in [1.807, 2.05) is 36.4 Å². The van der Waals surface area contributed by atoms with Crippen molar-refractivity contribution in [2.75, 3.05) is 7.11 Å². The number of hydrogen-bond acceptors (Lipinski definition) is 3. The van der Waals surface area contributed by atoms with Gasteiger partial charge in [-0.1, -0.05) is 72.3 Å². The van der Waals surface area contributed by atoms with Crippen molar-refractivity contribution >= 4 is 23.7 Å². The minimum Gasteiger partial charge on any atom is -0.496 e. The van der Waals surface area contributed by atoms with E-state index in [0.29, 0.717) is 16.3 Å². The van der Waals surface area contributed by atoms with E-state index in [0.717, 1.165) is 17.5 Å². The highest BCUT2D eigenvalue weighted by atomic mass is 35.5. The Hall–Kier alpha value is -3.11. The van der Waals surface area contributed by atoms with Gasteiger partial charge in [-0.25, -0.2) is 5.43 Å². The molecule has 1 saturated carbocycles. The number of methoxy groups -OCH3 is 1. The SMILES string of the molecule is COc1ccc(Cl)cc1/C=N\NC(=O)[C@H]1CC1(c1ccccc1)c1ccccc1. The summed E-state index contributed by atoms with van der Waals surface area (Å²) < 4.78 is 5.30. The van der Waals surface area contributed by atoms with E-state index in [2.05, 4.69) is 34.8 Å². The van der Waals surface area contributed by atoms with Crippen LogP contribution in [-0.2, 0) is 10.2 Å². The summed E-state index contributed by atoms with van der Waals surface area (Å²) in [7, 11) is 1.58. The second kappa shape index (κ2) is 8.10. The van der Waals surface area contributed by atoms with Crippen molar-refractivity contribution in [3.8, 4) is 5.75 Å². The van der Waals surface area contributed by atoms with E-state index in [9.17, 15) is 4.79 Å². The van der Waals surface area contributed by atoms with Crippen molar-refractivity contribution in [1.29, 1.82) is 0 Å². The maximum absolute atomic E-state index is 12.9. The molecule has 1 fully saturated rings. The number of hydrogen-bond donors (Lipinski definition) is 1. The van der Waals surface area contributed by atoms with Gasteiger partial charge in [0, 0.05) is 16.0 Å². The second-order valence-electron chi connectivity index (χ2n) is 7.08. The molecule has 0 radical (unpaired) electrons. The van der Waals surface area contributed by atoms with Crippen LogP contribution in [0.5, 0.6) is 5.75 Å². The topological polar surface area (TPSA) is 50.7 Å². The number of benzene rings is 3. The van der Waals surface area contributed by atoms with Gasteiger partial charge in [0.1, 0.15) is 5.75 Å². The van der Waals surface area contributed by atoms with Gasteiger partial charge in [-0.05, 0) is 35.7 Å². The van der Waals surface area contributed by atoms with E-state index in [-0.39, 0.29) is 17.2 Å². The summed E-state index contributed by atoms with van der Waals surface area (Å²) in [6.07, 6.45) is 2.31. The van der Waals surface area contributed by atoms with Gasteiger partial charge in [-0.2, -0.15) is 5.10 Å². The number of nitrogens with one attached hydrogen (secondary N) is 1. The van der Waals surface area contributed by atoms with Crippen LogP contribution in [0.2, 0.25) is 5.02 Å². The Bertz CT molecular complexity index is 996. The van der Waals surface area contributed by atoms with Gasteiger partial charge >= 0.3 is 0 Å². The van der Waals surface area contributed by atoms with Crippen LogP contribution >= 0.6 is 11.6 Å². The third-order valence-corrected chi connectivity index (χ3v) is 5.66. The Morgan fingerprint density at radius 1 is 1.07 bits per heavy atom. The number of carbonyl (C=O) groups excluding carboxylic acids is 1. The summed E-state index contributed by atoms with van der Waals surface area (Å²) in [4.78, 5) is 12.9. The van der Waals surface area contributed by atoms with Crippen molar-refractivity contribution in [3.05, 3.63) is 101 Å². The summed E-state index contributed by atoms with van der Waals surface area (Å²) in [6, 6.07) is 25.6. The van der Waals surface area contributed by atoms with Crippen LogP contribution in [0.1, 0.15) is 23.1 Å². The van der Waals surface area contributed by atoms with E-state index >= 15 is 0 Å². The fourth-order valence-electron chi connectivity index (χ4n) is 3.90. The maximum atomic E-state index is 12.9. The summed E-state index contributed by atoms with van der Waals surface area (Å²) >= 11 is 6.04. The largest absolute Gasteiger partial charge is 0.496 e. The van der Waals surface area contributed by atoms with Crippen LogP contribution in [-0.4, -0.2) is 19.2 Å². The van der Waals surface area contributed by atoms with Gasteiger partial charge in [0.25, 0.3) is 0 Å². The highest BCUT2D eigenvalue weighted by Gasteiger charge is 2.60. The zero-order valence-corrected chi connectivity index (χ0v) is 16.8. The number of ether oxygens (including phenoxy) is 1. The molecule has 1 atom stereocenters. The standard InChI is InChI=1S/C24H21ClN2O2/c1-29-22-13-12-20(25)14-17(22)16-26-27-23(28)21-15-24(21,18-8-4-2-5-9-18)19-10-6-3-7-11-19/h2-14,16,21H,15H2,1H3,(H,27,28)/b26-16-/t21-/m1/s1. The smallest absolute Gasteiger partial charge is 0.244 e. The third kappa shape index (κ3) is 3.76. The highest BCUT2D eigenvalue weighted by Crippen LogP contribution is 2.58. The first kappa shape index (κ1) is 19.2. The molecular weight excluding hydrogens is 384 g/mol. The zero-order valence-electron chi connectivity index (χ0n) is 16.0. The Labute approximate surface area is 175 Å². The van der Waals surface area contributed by atoms with Crippen molar-refractivity contribution in [2.45, 2.75) is 11.8 Å². The molecule has 0 heterocycles. The summed E-state index contributed by atoms with van der Waals surface area (Å²) in [5.41, 5.74) is 5.37. The first-order chi connectivity index (χ1) is 14.1. The molecule has 1 N–H and O–H groups in total. The molecule has 4 rings (SSSR count). The van der Waals surface area contributed by atoms with Gasteiger partial charge in [0.2, 0.25) is 5.91 Å². The number of halogens is 1. The summed E-state index contributed by atoms with van der Waals surface area (Å²) in [5, 5.41) is 4.72. The molecule has 0 aromatic heterocycles. The Kier molecular flexibility index (Phi) is 5.36. The fourth-order valence-corrected chi connectivity index (χ4v) is 4.09. The molecule has 0 aliphatic heterocycles. The Balaban J connectivity index is 1.54. The number of nitrogens with zero attached hydrogens (tertiary/aromatic N) is 1. The monoisotopic (exact) mass is 404 g/mol. The van der Waals surface area contributed by atoms with Gasteiger partial charge in [-0.15, -0.1) is 0 Å². The average molecular weight is 405 g/mol. The van der Waals surface area contributed by atoms with Crippen molar-refractivity contribution in [1.82, 2.24) is 5.43 Å². The third-order valence-electron chi connectivity index (χ3n) is 5.43. The molecule has 3 aromatic rings. The lowest BCUT2D eigenvalue weighted by atomic mass is 9.85. The summed E-state index contributed by atoms with van der Waals surface area (Å²) in [5.74, 6) is 0.363. The van der Waals surface area contributed by atoms with Crippen LogP contribution in [0.25, 0.3) is 0 Å². The zero-order chi connectivity index (χ0) is 20.3. The predicted octanol–water partition coefficient (Wildman–Crippen LogP) is 4.80. The van der Waals surface area contributed by atoms with Crippen molar-refractivity contribution < 1.29 is 9.53 Å². The molecule has 1 amide bonds. The molecule has 3 aromatic carbocycles. The maximum Gasteiger partial charge on any atom is 0.244 e. The average Bonchev–Trinajstić information content (AvgIpc) is 3.52. The molecule has 1 aliphatic carbocycles. The van der Waals surface area contributed by atoms with Crippen molar-refractivity contribution in [3.63, 3.8) is 0 Å². The molecular formula is C24H21ClN2O2. The number of carbonyl (C=O) groups is 1. The lowest BCUT2D eigenvalue weighted by molar-refractivity contribution is -0.122. The molecule has 0 spiro atoms. The van der Waals surface area contributed by atoms with E-state index in [1.54, 1.807) is 31.5 Å². The van der Waals surface area contributed by atoms with Gasteiger partial charge in [-0.3, -0.25) is 4.79 Å². The van der Waals surface area contributed by atoms with Gasteiger partial charge < -0.3 is 4.74 Å². The first-order valence-electron chi connectivity index (χ1n) is 9.42. The normalized spacial score (nSPS) is 17.1. The summed E-state index contributed by atoms with van der Waals surface area (Å²) in [6.45, 7) is 0. The molecule has 4 nitrogen and oxygen atoms in total. The van der Waals surface area contributed by atoms with Crippen LogP contribution < -0.4 is 10.2 Å². The molecule has 0 saturated heterocycles. The van der Waals surface area contributed by atoms with Crippen LogP contribution in [0.15, 0.2) is 84.0 Å². The molecule has 29 heavy (non-hydrogen) atoms. The molecule has 5 heteroatoms. The number of rotatable bonds is 6. The van der Waals surface area contributed by atoms with E-state index in [4.69, 9.17) is 16.3 Å². The van der Waals surface area contributed by atoms with E-state index in [1.165, 1.54) is 0 Å². The quantitative estimate of drug-likeness (QED) is 0.473. The lowest BCUT2D eigenvalue weighted by Crippen LogP contribution is -2.25. The van der Waals surface area contributed by atoms with Gasteiger partial charge in [0.05, 0.1) is 19.2 Å². The minimum absolute atomic E-state index is 0.102. The second-order valence-corrected chi connectivity index (χ2v) is 7.52.